The summed E-state index contributed by atoms with van der Waals surface area (Å²) < 4.78 is 10.1. The van der Waals surface area contributed by atoms with E-state index in [0.717, 1.165) is 0 Å². The lowest BCUT2D eigenvalue weighted by Crippen LogP contribution is -2.61. The van der Waals surface area contributed by atoms with E-state index in [-0.39, 0.29) is 25.2 Å². The second-order valence-corrected chi connectivity index (χ2v) is 6.51. The largest absolute Gasteiger partial charge is 0.459 e. The molecule has 0 aromatic carbocycles. The van der Waals surface area contributed by atoms with Crippen LogP contribution >= 0.6 is 0 Å². The Hall–Kier alpha value is -1.79. The summed E-state index contributed by atoms with van der Waals surface area (Å²) in [5.41, 5.74) is -0.572. The number of ether oxygens (including phenoxy) is 2. The zero-order valence-corrected chi connectivity index (χ0v) is 14.2. The number of esters is 1. The van der Waals surface area contributed by atoms with Crippen molar-refractivity contribution in [2.45, 2.75) is 59.2 Å². The van der Waals surface area contributed by atoms with Gasteiger partial charge in [0, 0.05) is 25.2 Å². The molecule has 0 aliphatic carbocycles. The van der Waals surface area contributed by atoms with Crippen LogP contribution in [0.5, 0.6) is 0 Å². The number of nitrogens with zero attached hydrogens (tertiary/aromatic N) is 2. The quantitative estimate of drug-likeness (QED) is 0.540. The first-order chi connectivity index (χ1) is 10.1. The first-order valence-electron chi connectivity index (χ1n) is 7.54. The first kappa shape index (κ1) is 18.3. The highest BCUT2D eigenvalue weighted by Crippen LogP contribution is 2.19. The molecule has 7 nitrogen and oxygen atoms in total. The van der Waals surface area contributed by atoms with Crippen molar-refractivity contribution in [3.8, 4) is 0 Å². The van der Waals surface area contributed by atoms with E-state index in [2.05, 4.69) is 0 Å². The molecule has 2 amide bonds. The molecule has 7 heteroatoms. The first-order valence-corrected chi connectivity index (χ1v) is 7.54. The molecule has 22 heavy (non-hydrogen) atoms. The van der Waals surface area contributed by atoms with Gasteiger partial charge >= 0.3 is 18.0 Å². The van der Waals surface area contributed by atoms with E-state index < -0.39 is 23.6 Å². The van der Waals surface area contributed by atoms with Gasteiger partial charge in [-0.15, -0.1) is 0 Å². The van der Waals surface area contributed by atoms with E-state index in [1.165, 1.54) is 4.90 Å². The van der Waals surface area contributed by atoms with Gasteiger partial charge in [0.15, 0.2) is 0 Å². The highest BCUT2D eigenvalue weighted by atomic mass is 16.6. The van der Waals surface area contributed by atoms with Gasteiger partial charge in [0.2, 0.25) is 0 Å². The molecule has 1 aliphatic rings. The normalized spacial score (nSPS) is 22.3. The average Bonchev–Trinajstić information content (AvgIpc) is 2.38. The van der Waals surface area contributed by atoms with Gasteiger partial charge in [0.05, 0.1) is 6.61 Å². The molecular weight excluding hydrogens is 288 g/mol. The monoisotopic (exact) mass is 314 g/mol. The number of carbonyl (C=O) groups is 3. The van der Waals surface area contributed by atoms with Crippen LogP contribution in [0.2, 0.25) is 0 Å². The van der Waals surface area contributed by atoms with E-state index in [1.807, 2.05) is 6.92 Å². The maximum Gasteiger partial charge on any atom is 0.410 e. The Morgan fingerprint density at radius 3 is 2.05 bits per heavy atom. The van der Waals surface area contributed by atoms with Crippen molar-refractivity contribution in [2.24, 2.45) is 0 Å². The standard InChI is InChI=1S/C15H26N2O5/c1-7-21-13(19)12(18)16-8-11(3)17(9-10(16)2)14(20)22-15(4,5)6/h10-11H,7-9H2,1-6H3/t10-,11+/m0/s1. The minimum absolute atomic E-state index is 0.159. The molecule has 0 aromatic heterocycles. The predicted molar refractivity (Wildman–Crippen MR) is 80.2 cm³/mol. The van der Waals surface area contributed by atoms with E-state index in [9.17, 15) is 14.4 Å². The Morgan fingerprint density at radius 2 is 1.55 bits per heavy atom. The molecule has 0 aromatic rings. The van der Waals surface area contributed by atoms with Crippen LogP contribution in [0.15, 0.2) is 0 Å². The number of amides is 2. The fourth-order valence-electron chi connectivity index (χ4n) is 2.29. The highest BCUT2D eigenvalue weighted by Gasteiger charge is 2.38. The molecule has 0 radical (unpaired) electrons. The predicted octanol–water partition coefficient (Wildman–Crippen LogP) is 1.41. The summed E-state index contributed by atoms with van der Waals surface area (Å²) in [6, 6.07) is -0.509. The minimum Gasteiger partial charge on any atom is -0.459 e. The van der Waals surface area contributed by atoms with Crippen LogP contribution in [0.3, 0.4) is 0 Å². The summed E-state index contributed by atoms with van der Waals surface area (Å²) in [6.07, 6.45) is -0.407. The van der Waals surface area contributed by atoms with E-state index in [1.54, 1.807) is 39.5 Å². The van der Waals surface area contributed by atoms with Crippen LogP contribution in [0.4, 0.5) is 4.79 Å². The number of hydrogen-bond acceptors (Lipinski definition) is 5. The van der Waals surface area contributed by atoms with Gasteiger partial charge in [-0.05, 0) is 41.5 Å². The van der Waals surface area contributed by atoms with Crippen LogP contribution in [0.1, 0.15) is 41.5 Å². The summed E-state index contributed by atoms with van der Waals surface area (Å²) in [6.45, 7) is 11.4. The van der Waals surface area contributed by atoms with Crippen molar-refractivity contribution in [2.75, 3.05) is 19.7 Å². The van der Waals surface area contributed by atoms with Crippen LogP contribution in [0, 0.1) is 0 Å². The zero-order chi connectivity index (χ0) is 17.1. The summed E-state index contributed by atoms with van der Waals surface area (Å²) >= 11 is 0. The molecule has 1 heterocycles. The van der Waals surface area contributed by atoms with Gasteiger partial charge in [0.25, 0.3) is 0 Å². The molecule has 1 fully saturated rings. The van der Waals surface area contributed by atoms with Gasteiger partial charge in [-0.25, -0.2) is 9.59 Å². The van der Waals surface area contributed by atoms with Crippen LogP contribution in [-0.4, -0.2) is 65.2 Å². The minimum atomic E-state index is -0.854. The summed E-state index contributed by atoms with van der Waals surface area (Å²) in [7, 11) is 0. The van der Waals surface area contributed by atoms with Crippen LogP contribution in [0.25, 0.3) is 0 Å². The molecule has 0 bridgehead atoms. The molecule has 126 valence electrons. The van der Waals surface area contributed by atoms with Gasteiger partial charge in [-0.2, -0.15) is 0 Å². The van der Waals surface area contributed by atoms with Gasteiger partial charge in [-0.1, -0.05) is 0 Å². The lowest BCUT2D eigenvalue weighted by molar-refractivity contribution is -0.162. The number of rotatable bonds is 1. The molecule has 0 N–H and O–H groups in total. The molecule has 1 rings (SSSR count). The maximum atomic E-state index is 12.2. The SMILES string of the molecule is CCOC(=O)C(=O)N1C[C@@H](C)N(C(=O)OC(C)(C)C)C[C@@H]1C. The molecular formula is C15H26N2O5. The van der Waals surface area contributed by atoms with E-state index in [4.69, 9.17) is 9.47 Å². The van der Waals surface area contributed by atoms with Gasteiger partial charge < -0.3 is 19.3 Å². The third kappa shape index (κ3) is 4.61. The highest BCUT2D eigenvalue weighted by molar-refractivity contribution is 6.32. The Balaban J connectivity index is 2.74. The fourth-order valence-corrected chi connectivity index (χ4v) is 2.29. The Labute approximate surface area is 131 Å². The Kier molecular flexibility index (Phi) is 5.79. The number of carbonyl (C=O) groups excluding carboxylic acids is 3. The third-order valence-electron chi connectivity index (χ3n) is 3.32. The van der Waals surface area contributed by atoms with Crippen molar-refractivity contribution < 1.29 is 23.9 Å². The van der Waals surface area contributed by atoms with Gasteiger partial charge in [-0.3, -0.25) is 4.79 Å². The zero-order valence-electron chi connectivity index (χ0n) is 14.2. The Morgan fingerprint density at radius 1 is 1.05 bits per heavy atom. The average molecular weight is 314 g/mol. The van der Waals surface area contributed by atoms with Crippen molar-refractivity contribution in [1.29, 1.82) is 0 Å². The lowest BCUT2D eigenvalue weighted by Gasteiger charge is -2.43. The molecule has 0 unspecified atom stereocenters. The molecule has 2 atom stereocenters. The second-order valence-electron chi connectivity index (χ2n) is 6.51. The summed E-state index contributed by atoms with van der Waals surface area (Å²) in [5.74, 6) is -1.52. The van der Waals surface area contributed by atoms with Crippen molar-refractivity contribution in [1.82, 2.24) is 9.80 Å². The molecule has 0 spiro atoms. The van der Waals surface area contributed by atoms with Crippen molar-refractivity contribution in [3.63, 3.8) is 0 Å². The molecule has 1 saturated heterocycles. The number of hydrogen-bond donors (Lipinski definition) is 0. The smallest absolute Gasteiger partial charge is 0.410 e. The number of piperazine rings is 1. The Bertz CT molecular complexity index is 444. The van der Waals surface area contributed by atoms with E-state index >= 15 is 0 Å². The third-order valence-corrected chi connectivity index (χ3v) is 3.32. The van der Waals surface area contributed by atoms with Crippen molar-refractivity contribution >= 4 is 18.0 Å². The van der Waals surface area contributed by atoms with Crippen LogP contribution < -0.4 is 0 Å². The van der Waals surface area contributed by atoms with Crippen LogP contribution in [-0.2, 0) is 19.1 Å². The van der Waals surface area contributed by atoms with Crippen molar-refractivity contribution in [3.05, 3.63) is 0 Å². The summed E-state index contributed by atoms with van der Waals surface area (Å²) in [4.78, 5) is 38.9. The molecule has 0 saturated carbocycles. The topological polar surface area (TPSA) is 76.2 Å². The maximum absolute atomic E-state index is 12.2. The fraction of sp³-hybridized carbons (Fsp3) is 0.800. The lowest BCUT2D eigenvalue weighted by atomic mass is 10.1. The summed E-state index contributed by atoms with van der Waals surface area (Å²) in [5, 5.41) is 0. The van der Waals surface area contributed by atoms with Gasteiger partial charge in [0.1, 0.15) is 5.60 Å². The second kappa shape index (κ2) is 6.98. The molecule has 1 aliphatic heterocycles. The van der Waals surface area contributed by atoms with E-state index in [0.29, 0.717) is 6.54 Å².